The lowest BCUT2D eigenvalue weighted by atomic mass is 10.2. The van der Waals surface area contributed by atoms with E-state index in [-0.39, 0.29) is 0 Å². The molecule has 1 atom stereocenters. The molecule has 1 unspecified atom stereocenters. The topological polar surface area (TPSA) is 12.9 Å². The summed E-state index contributed by atoms with van der Waals surface area (Å²) in [5, 5.41) is 1.10. The highest BCUT2D eigenvalue weighted by atomic mass is 32.1. The van der Waals surface area contributed by atoms with Crippen molar-refractivity contribution in [3.63, 3.8) is 0 Å². The van der Waals surface area contributed by atoms with Gasteiger partial charge in [0.25, 0.3) is 0 Å². The molecule has 2 heteroatoms. The van der Waals surface area contributed by atoms with Gasteiger partial charge in [-0.15, -0.1) is 11.3 Å². The Balaban J connectivity index is 2.40. The molecule has 0 aliphatic heterocycles. The Hall–Kier alpha value is -1.41. The molecule has 0 bridgehead atoms. The smallest absolute Gasteiger partial charge is 0.124 e. The number of fused-ring (bicyclic) bond motifs is 1. The minimum Gasteiger partial charge on any atom is -0.236 e. The van der Waals surface area contributed by atoms with Crippen molar-refractivity contribution in [3.8, 4) is 0 Å². The molecule has 0 spiro atoms. The third-order valence-electron chi connectivity index (χ3n) is 2.69. The van der Waals surface area contributed by atoms with Crippen LogP contribution in [0.1, 0.15) is 36.3 Å². The first-order valence-electron chi connectivity index (χ1n) is 5.91. The molecule has 1 nitrogen and oxygen atoms in total. The van der Waals surface area contributed by atoms with Crippen LogP contribution in [0.2, 0.25) is 0 Å². The van der Waals surface area contributed by atoms with Gasteiger partial charge in [0.2, 0.25) is 0 Å². The Morgan fingerprint density at radius 1 is 1.29 bits per heavy atom. The zero-order valence-electron chi connectivity index (χ0n) is 10.5. The minimum absolute atomic E-state index is 0.497. The van der Waals surface area contributed by atoms with E-state index < -0.39 is 0 Å². The Morgan fingerprint density at radius 3 is 2.76 bits per heavy atom. The van der Waals surface area contributed by atoms with E-state index in [1.54, 1.807) is 11.3 Å². The first-order chi connectivity index (χ1) is 8.24. The van der Waals surface area contributed by atoms with Crippen LogP contribution in [0.15, 0.2) is 30.4 Å². The summed E-state index contributed by atoms with van der Waals surface area (Å²) in [7, 11) is 0. The van der Waals surface area contributed by atoms with Crippen molar-refractivity contribution in [2.75, 3.05) is 0 Å². The third-order valence-corrected chi connectivity index (χ3v) is 3.78. The van der Waals surface area contributed by atoms with E-state index in [1.165, 1.54) is 10.5 Å². The van der Waals surface area contributed by atoms with Crippen LogP contribution in [-0.4, -0.2) is 4.98 Å². The summed E-state index contributed by atoms with van der Waals surface area (Å²) in [4.78, 5) is 5.95. The monoisotopic (exact) mass is 243 g/mol. The predicted octanol–water partition coefficient (Wildman–Crippen LogP) is 4.80. The molecule has 17 heavy (non-hydrogen) atoms. The van der Waals surface area contributed by atoms with Crippen LogP contribution in [0.25, 0.3) is 17.7 Å². The van der Waals surface area contributed by atoms with Gasteiger partial charge in [0, 0.05) is 5.57 Å². The molecule has 1 aliphatic carbocycles. The maximum atomic E-state index is 4.70. The van der Waals surface area contributed by atoms with E-state index in [0.717, 1.165) is 10.7 Å². The molecule has 0 amide bonds. The maximum Gasteiger partial charge on any atom is 0.124 e. The summed E-state index contributed by atoms with van der Waals surface area (Å²) in [6, 6.07) is 0. The second kappa shape index (κ2) is 5.28. The van der Waals surface area contributed by atoms with Crippen molar-refractivity contribution in [1.82, 2.24) is 4.98 Å². The molecule has 88 valence electrons. The van der Waals surface area contributed by atoms with Crippen molar-refractivity contribution in [1.29, 1.82) is 0 Å². The zero-order chi connectivity index (χ0) is 12.3. The van der Waals surface area contributed by atoms with Crippen molar-refractivity contribution >= 4 is 29.1 Å². The molecule has 0 aromatic carbocycles. The Labute approximate surface area is 107 Å². The van der Waals surface area contributed by atoms with Gasteiger partial charge < -0.3 is 0 Å². The molecule has 1 aromatic heterocycles. The third kappa shape index (κ3) is 2.64. The standard InChI is InChI=1S/C15H17NS/c1-4-6-12(5-2)15-16-13-9-7-11(3)8-10-14(13)17-15/h4-11H,1-3H3/b6-4-,12-5+. The van der Waals surface area contributed by atoms with E-state index >= 15 is 0 Å². The summed E-state index contributed by atoms with van der Waals surface area (Å²) in [5.41, 5.74) is 2.29. The van der Waals surface area contributed by atoms with Gasteiger partial charge in [0.1, 0.15) is 5.01 Å². The molecule has 0 radical (unpaired) electrons. The van der Waals surface area contributed by atoms with Crippen molar-refractivity contribution in [3.05, 3.63) is 46.0 Å². The van der Waals surface area contributed by atoms with Crippen molar-refractivity contribution < 1.29 is 0 Å². The molecule has 1 aromatic rings. The van der Waals surface area contributed by atoms with Crippen LogP contribution >= 0.6 is 11.3 Å². The van der Waals surface area contributed by atoms with Crippen LogP contribution in [0.3, 0.4) is 0 Å². The van der Waals surface area contributed by atoms with E-state index in [9.17, 15) is 0 Å². The second-order valence-electron chi connectivity index (χ2n) is 4.09. The normalized spacial score (nSPS) is 19.7. The minimum atomic E-state index is 0.497. The lowest BCUT2D eigenvalue weighted by Crippen LogP contribution is -1.81. The van der Waals surface area contributed by atoms with Crippen LogP contribution in [-0.2, 0) is 0 Å². The number of aromatic nitrogens is 1. The van der Waals surface area contributed by atoms with Crippen LogP contribution < -0.4 is 0 Å². The van der Waals surface area contributed by atoms with Crippen LogP contribution in [0.5, 0.6) is 0 Å². The predicted molar refractivity (Wildman–Crippen MR) is 77.8 cm³/mol. The fourth-order valence-electron chi connectivity index (χ4n) is 1.72. The highest BCUT2D eigenvalue weighted by Gasteiger charge is 2.10. The van der Waals surface area contributed by atoms with Gasteiger partial charge in [-0.05, 0) is 31.9 Å². The summed E-state index contributed by atoms with van der Waals surface area (Å²) in [6.45, 7) is 6.26. The lowest BCUT2D eigenvalue weighted by molar-refractivity contribution is 0.953. The van der Waals surface area contributed by atoms with Crippen molar-refractivity contribution in [2.24, 2.45) is 5.92 Å². The van der Waals surface area contributed by atoms with Gasteiger partial charge in [-0.3, -0.25) is 0 Å². The molecule has 0 saturated heterocycles. The van der Waals surface area contributed by atoms with Crippen molar-refractivity contribution in [2.45, 2.75) is 20.8 Å². The highest BCUT2D eigenvalue weighted by molar-refractivity contribution is 7.13. The van der Waals surface area contributed by atoms with E-state index in [1.807, 2.05) is 6.92 Å². The molecular weight excluding hydrogens is 226 g/mol. The number of allylic oxidation sites excluding steroid dienone is 6. The van der Waals surface area contributed by atoms with Crippen LogP contribution in [0.4, 0.5) is 0 Å². The molecule has 1 aliphatic rings. The van der Waals surface area contributed by atoms with E-state index in [4.69, 9.17) is 4.98 Å². The first kappa shape index (κ1) is 12.1. The maximum absolute atomic E-state index is 4.70. The van der Waals surface area contributed by atoms with Gasteiger partial charge in [-0.1, -0.05) is 37.3 Å². The number of hydrogen-bond donors (Lipinski definition) is 0. The largest absolute Gasteiger partial charge is 0.236 e. The molecule has 0 N–H and O–H groups in total. The SMILES string of the molecule is C/C=C\C(=C/C)c1nc2c(s1)C=CC(C)C=C2. The summed E-state index contributed by atoms with van der Waals surface area (Å²) < 4.78 is 0. The van der Waals surface area contributed by atoms with Gasteiger partial charge >= 0.3 is 0 Å². The Morgan fingerprint density at radius 2 is 2.06 bits per heavy atom. The van der Waals surface area contributed by atoms with Gasteiger partial charge in [0.05, 0.1) is 10.6 Å². The number of nitrogens with zero attached hydrogens (tertiary/aromatic N) is 1. The fraction of sp³-hybridized carbons (Fsp3) is 0.267. The van der Waals surface area contributed by atoms with Gasteiger partial charge in [0.15, 0.2) is 0 Å². The van der Waals surface area contributed by atoms with Crippen LogP contribution in [0, 0.1) is 5.92 Å². The summed E-state index contributed by atoms with van der Waals surface area (Å²) >= 11 is 1.75. The van der Waals surface area contributed by atoms with Gasteiger partial charge in [-0.25, -0.2) is 4.98 Å². The highest BCUT2D eigenvalue weighted by Crippen LogP contribution is 2.29. The molecule has 1 heterocycles. The Kier molecular flexibility index (Phi) is 3.75. The second-order valence-corrected chi connectivity index (χ2v) is 5.12. The Bertz CT molecular complexity index is 484. The molecule has 2 rings (SSSR count). The number of thiazole rings is 1. The first-order valence-corrected chi connectivity index (χ1v) is 6.73. The van der Waals surface area contributed by atoms with E-state index in [0.29, 0.717) is 5.92 Å². The average Bonchev–Trinajstić information content (AvgIpc) is 2.66. The molecule has 0 saturated carbocycles. The molecule has 0 fully saturated rings. The molecular formula is C15H17NS. The fourth-order valence-corrected chi connectivity index (χ4v) is 2.74. The zero-order valence-corrected chi connectivity index (χ0v) is 11.3. The average molecular weight is 243 g/mol. The summed E-state index contributed by atoms with van der Waals surface area (Å²) in [5.74, 6) is 0.497. The quantitative estimate of drug-likeness (QED) is 0.680. The number of rotatable bonds is 2. The van der Waals surface area contributed by atoms with E-state index in [2.05, 4.69) is 56.4 Å². The number of hydrogen-bond acceptors (Lipinski definition) is 2. The lowest BCUT2D eigenvalue weighted by Gasteiger charge is -1.95. The van der Waals surface area contributed by atoms with Gasteiger partial charge in [-0.2, -0.15) is 0 Å². The summed E-state index contributed by atoms with van der Waals surface area (Å²) in [6.07, 6.45) is 15.0.